The van der Waals surface area contributed by atoms with E-state index in [4.69, 9.17) is 0 Å². The second-order valence-corrected chi connectivity index (χ2v) is 4.80. The quantitative estimate of drug-likeness (QED) is 0.490. The van der Waals surface area contributed by atoms with Gasteiger partial charge in [0.25, 0.3) is 0 Å². The van der Waals surface area contributed by atoms with E-state index in [1.807, 2.05) is 25.2 Å². The van der Waals surface area contributed by atoms with Crippen molar-refractivity contribution in [2.24, 2.45) is 17.3 Å². The molecule has 1 aliphatic carbocycles. The van der Waals surface area contributed by atoms with Crippen LogP contribution in [0.15, 0.2) is 11.8 Å². The summed E-state index contributed by atoms with van der Waals surface area (Å²) in [4.78, 5) is 12.8. The van der Waals surface area contributed by atoms with Crippen molar-refractivity contribution in [2.45, 2.75) is 20.8 Å². The van der Waals surface area contributed by atoms with Gasteiger partial charge >= 0.3 is 0 Å². The molecule has 2 atom stereocenters. The minimum atomic E-state index is 0.308. The molecule has 2 heteroatoms. The van der Waals surface area contributed by atoms with Crippen LogP contribution in [0.3, 0.4) is 0 Å². The van der Waals surface area contributed by atoms with Crippen LogP contribution in [0.4, 0.5) is 0 Å². The van der Waals surface area contributed by atoms with Gasteiger partial charge in [-0.25, -0.2) is 0 Å². The number of nitrogens with zero attached hydrogens (tertiary/aromatic N) is 1. The smallest absolute Gasteiger partial charge is 0.147 e. The molecule has 1 saturated carbocycles. The second kappa shape index (κ2) is 3.17. The highest BCUT2D eigenvalue weighted by Gasteiger charge is 2.56. The van der Waals surface area contributed by atoms with E-state index >= 15 is 0 Å². The van der Waals surface area contributed by atoms with Gasteiger partial charge in [0.15, 0.2) is 0 Å². The van der Waals surface area contributed by atoms with Gasteiger partial charge in [0, 0.05) is 25.9 Å². The Bertz CT molecular complexity index is 240. The fourth-order valence-electron chi connectivity index (χ4n) is 2.09. The molecule has 1 rings (SSSR count). The van der Waals surface area contributed by atoms with Crippen molar-refractivity contribution in [3.63, 3.8) is 0 Å². The van der Waals surface area contributed by atoms with E-state index in [0.29, 0.717) is 17.3 Å². The third kappa shape index (κ3) is 1.77. The molecule has 2 nitrogen and oxygen atoms in total. The molecule has 1 aliphatic rings. The van der Waals surface area contributed by atoms with Gasteiger partial charge in [-0.3, -0.25) is 4.79 Å². The molecule has 1 fully saturated rings. The van der Waals surface area contributed by atoms with Crippen molar-refractivity contribution in [3.8, 4) is 0 Å². The van der Waals surface area contributed by atoms with Crippen molar-refractivity contribution < 1.29 is 4.79 Å². The predicted molar refractivity (Wildman–Crippen MR) is 54.3 cm³/mol. The first-order valence-electron chi connectivity index (χ1n) is 4.74. The summed E-state index contributed by atoms with van der Waals surface area (Å²) in [7, 11) is 3.90. The summed E-state index contributed by atoms with van der Waals surface area (Å²) >= 11 is 0. The molecule has 0 spiro atoms. The van der Waals surface area contributed by atoms with Crippen LogP contribution in [0.25, 0.3) is 0 Å². The van der Waals surface area contributed by atoms with Gasteiger partial charge in [-0.05, 0) is 17.3 Å². The van der Waals surface area contributed by atoms with E-state index in [9.17, 15) is 4.79 Å². The molecular formula is C11H19NO. The summed E-state index contributed by atoms with van der Waals surface area (Å²) in [6.45, 7) is 6.64. The molecule has 0 bridgehead atoms. The Morgan fingerprint density at radius 1 is 1.38 bits per heavy atom. The maximum Gasteiger partial charge on any atom is 0.147 e. The molecule has 74 valence electrons. The summed E-state index contributed by atoms with van der Waals surface area (Å²) in [5.41, 5.74) is 1.24. The highest BCUT2D eigenvalue weighted by Crippen LogP contribution is 2.60. The van der Waals surface area contributed by atoms with Crippen molar-refractivity contribution in [2.75, 3.05) is 14.1 Å². The minimum absolute atomic E-state index is 0.308. The number of allylic oxidation sites excluding steroid dienone is 1. The first-order valence-corrected chi connectivity index (χ1v) is 4.74. The molecule has 0 radical (unpaired) electrons. The van der Waals surface area contributed by atoms with Crippen LogP contribution >= 0.6 is 0 Å². The molecule has 0 amide bonds. The summed E-state index contributed by atoms with van der Waals surface area (Å²) < 4.78 is 0. The summed E-state index contributed by atoms with van der Waals surface area (Å²) in [6.07, 6.45) is 2.93. The maximum absolute atomic E-state index is 10.9. The van der Waals surface area contributed by atoms with Gasteiger partial charge in [-0.2, -0.15) is 0 Å². The van der Waals surface area contributed by atoms with E-state index in [1.165, 1.54) is 0 Å². The lowest BCUT2D eigenvalue weighted by molar-refractivity contribution is -0.105. The van der Waals surface area contributed by atoms with Gasteiger partial charge < -0.3 is 4.90 Å². The lowest BCUT2D eigenvalue weighted by atomic mass is 10.1. The van der Waals surface area contributed by atoms with E-state index in [1.54, 1.807) is 0 Å². The number of carbonyl (C=O) groups excluding carboxylic acids is 1. The van der Waals surface area contributed by atoms with E-state index in [2.05, 4.69) is 20.8 Å². The molecule has 0 heterocycles. The van der Waals surface area contributed by atoms with Crippen LogP contribution in [0.1, 0.15) is 20.8 Å². The van der Waals surface area contributed by atoms with Gasteiger partial charge in [0.1, 0.15) is 6.29 Å². The Kier molecular flexibility index (Phi) is 2.51. The normalized spacial score (nSPS) is 31.3. The fourth-order valence-corrected chi connectivity index (χ4v) is 2.09. The van der Waals surface area contributed by atoms with Crippen LogP contribution in [0.2, 0.25) is 0 Å². The third-order valence-electron chi connectivity index (χ3n) is 3.27. The summed E-state index contributed by atoms with van der Waals surface area (Å²) in [6, 6.07) is 0. The minimum Gasteiger partial charge on any atom is -0.383 e. The predicted octanol–water partition coefficient (Wildman–Crippen LogP) is 1.92. The molecule has 0 aliphatic heterocycles. The number of hydrogen-bond donors (Lipinski definition) is 0. The molecule has 13 heavy (non-hydrogen) atoms. The van der Waals surface area contributed by atoms with Gasteiger partial charge in [-0.1, -0.05) is 20.8 Å². The SMILES string of the molecule is C[C@@H]1[C@H](C(C=O)=CN(C)C)C1(C)C. The zero-order valence-electron chi connectivity index (χ0n) is 9.16. The Morgan fingerprint density at radius 3 is 2.08 bits per heavy atom. The lowest BCUT2D eigenvalue weighted by Gasteiger charge is -2.08. The van der Waals surface area contributed by atoms with Crippen LogP contribution in [0.5, 0.6) is 0 Å². The van der Waals surface area contributed by atoms with Gasteiger partial charge in [0.2, 0.25) is 0 Å². The Hall–Kier alpha value is -0.790. The molecule has 0 unspecified atom stereocenters. The van der Waals surface area contributed by atoms with Gasteiger partial charge in [-0.15, -0.1) is 0 Å². The Morgan fingerprint density at radius 2 is 1.85 bits per heavy atom. The standard InChI is InChI=1S/C11H19NO/c1-8-10(11(8,2)3)9(7-13)6-12(4)5/h6-8,10H,1-5H3/t8-,10-/m1/s1. The van der Waals surface area contributed by atoms with Crippen molar-refractivity contribution in [1.82, 2.24) is 4.90 Å². The van der Waals surface area contributed by atoms with Gasteiger partial charge in [0.05, 0.1) is 0 Å². The topological polar surface area (TPSA) is 20.3 Å². The summed E-state index contributed by atoms with van der Waals surface area (Å²) in [5, 5.41) is 0. The lowest BCUT2D eigenvalue weighted by Crippen LogP contribution is -2.06. The highest BCUT2D eigenvalue weighted by atomic mass is 16.1. The average molecular weight is 181 g/mol. The number of aldehydes is 1. The van der Waals surface area contributed by atoms with Crippen molar-refractivity contribution in [1.29, 1.82) is 0 Å². The number of carbonyl (C=O) groups is 1. The summed E-state index contributed by atoms with van der Waals surface area (Å²) in [5.74, 6) is 1.08. The van der Waals surface area contributed by atoms with E-state index in [0.717, 1.165) is 11.9 Å². The second-order valence-electron chi connectivity index (χ2n) is 4.80. The first-order chi connectivity index (χ1) is 5.91. The van der Waals surface area contributed by atoms with Crippen LogP contribution < -0.4 is 0 Å². The molecule has 0 N–H and O–H groups in total. The number of rotatable bonds is 3. The van der Waals surface area contributed by atoms with Crippen LogP contribution in [-0.2, 0) is 4.79 Å². The molecule has 0 aromatic heterocycles. The zero-order valence-corrected chi connectivity index (χ0v) is 9.16. The van der Waals surface area contributed by atoms with Crippen molar-refractivity contribution >= 4 is 6.29 Å². The monoisotopic (exact) mass is 181 g/mol. The van der Waals surface area contributed by atoms with Crippen LogP contribution in [-0.4, -0.2) is 25.3 Å². The Labute approximate surface area is 80.6 Å². The largest absolute Gasteiger partial charge is 0.383 e. The molecule has 0 saturated heterocycles. The molecule has 0 aromatic rings. The average Bonchev–Trinajstić information content (AvgIpc) is 2.48. The maximum atomic E-state index is 10.9. The fraction of sp³-hybridized carbons (Fsp3) is 0.727. The highest BCUT2D eigenvalue weighted by molar-refractivity contribution is 5.75. The van der Waals surface area contributed by atoms with Crippen molar-refractivity contribution in [3.05, 3.63) is 11.8 Å². The Balaban J connectivity index is 2.77. The number of hydrogen-bond acceptors (Lipinski definition) is 2. The van der Waals surface area contributed by atoms with E-state index in [-0.39, 0.29) is 0 Å². The third-order valence-corrected chi connectivity index (χ3v) is 3.27. The van der Waals surface area contributed by atoms with Crippen LogP contribution in [0, 0.1) is 17.3 Å². The van der Waals surface area contributed by atoms with E-state index < -0.39 is 0 Å². The first kappa shape index (κ1) is 10.3. The zero-order chi connectivity index (χ0) is 10.2. The molecule has 0 aromatic carbocycles. The molecular weight excluding hydrogens is 162 g/mol.